The number of ether oxygens (including phenoxy) is 1. The molecule has 0 aliphatic carbocycles. The number of quaternary nitrogens is 1. The first-order valence-electron chi connectivity index (χ1n) is 12.4. The predicted molar refractivity (Wildman–Crippen MR) is 131 cm³/mol. The van der Waals surface area contributed by atoms with E-state index < -0.39 is 8.24 Å². The normalized spacial score (nSPS) is 24.8. The maximum absolute atomic E-state index is 12.3. The van der Waals surface area contributed by atoms with Crippen molar-refractivity contribution in [3.8, 4) is 5.75 Å². The second kappa shape index (κ2) is 9.09. The van der Waals surface area contributed by atoms with Crippen LogP contribution in [-0.2, 0) is 26.4 Å². The fraction of sp³-hybridized carbons (Fsp3) is 0.400. The molecule has 0 N–H and O–H groups in total. The molecule has 36 heavy (non-hydrogen) atoms. The third kappa shape index (κ3) is 3.93. The van der Waals surface area contributed by atoms with Crippen molar-refractivity contribution < 1.29 is 31.4 Å². The molecule has 5 heterocycles. The van der Waals surface area contributed by atoms with Crippen LogP contribution in [0.25, 0.3) is 6.08 Å². The fourth-order valence-electron chi connectivity index (χ4n) is 5.80. The molecule has 10 nitrogen and oxygen atoms in total. The minimum atomic E-state index is -3.34. The summed E-state index contributed by atoms with van der Waals surface area (Å²) < 4.78 is 32.8. The van der Waals surface area contributed by atoms with Gasteiger partial charge in [0.1, 0.15) is 5.76 Å². The van der Waals surface area contributed by atoms with Crippen LogP contribution in [0.1, 0.15) is 28.2 Å². The van der Waals surface area contributed by atoms with Crippen LogP contribution in [0.3, 0.4) is 0 Å². The predicted octanol–water partition coefficient (Wildman–Crippen LogP) is 3.03. The molecule has 0 bridgehead atoms. The first kappa shape index (κ1) is 23.3. The third-order valence-corrected chi connectivity index (χ3v) is 13.7. The van der Waals surface area contributed by atoms with Crippen LogP contribution in [0.4, 0.5) is 0 Å². The van der Waals surface area contributed by atoms with Crippen LogP contribution in [0.2, 0.25) is 6.04 Å². The Bertz CT molecular complexity index is 1220. The van der Waals surface area contributed by atoms with Crippen LogP contribution in [0.15, 0.2) is 59.4 Å². The Morgan fingerprint density at radius 1 is 1.08 bits per heavy atom. The van der Waals surface area contributed by atoms with Crippen LogP contribution in [0.5, 0.6) is 5.75 Å². The molecule has 11 heteroatoms. The quantitative estimate of drug-likeness (QED) is 0.233. The summed E-state index contributed by atoms with van der Waals surface area (Å²) in [4.78, 5) is 12.3. The number of hydrogen-bond acceptors (Lipinski definition) is 8. The topological polar surface area (TPSA) is 97.8 Å². The molecular formula is C25H30N4O6Si. The van der Waals surface area contributed by atoms with E-state index >= 15 is 0 Å². The van der Waals surface area contributed by atoms with Gasteiger partial charge in [-0.05, 0) is 24.3 Å². The van der Waals surface area contributed by atoms with E-state index in [2.05, 4.69) is 10.3 Å². The molecule has 1 aromatic carbocycles. The van der Waals surface area contributed by atoms with Crippen molar-refractivity contribution in [2.75, 3.05) is 39.5 Å². The summed E-state index contributed by atoms with van der Waals surface area (Å²) in [5.41, 5.74) is 1.31. The summed E-state index contributed by atoms with van der Waals surface area (Å²) in [6, 6.07) is 11.4. The van der Waals surface area contributed by atoms with Gasteiger partial charge < -0.3 is 4.42 Å². The van der Waals surface area contributed by atoms with E-state index in [0.29, 0.717) is 23.7 Å². The van der Waals surface area contributed by atoms with Crippen molar-refractivity contribution in [2.45, 2.75) is 25.6 Å². The summed E-state index contributed by atoms with van der Waals surface area (Å²) in [7, 11) is -3.34. The van der Waals surface area contributed by atoms with E-state index in [-0.39, 0.29) is 5.78 Å². The van der Waals surface area contributed by atoms with Gasteiger partial charge in [0.2, 0.25) is 0 Å². The Hall–Kier alpha value is -3.09. The number of nitrogens with zero attached hydrogens (tertiary/aromatic N) is 4. The van der Waals surface area contributed by atoms with Crippen LogP contribution >= 0.6 is 0 Å². The average Bonchev–Trinajstić information content (AvgIpc) is 3.67. The van der Waals surface area contributed by atoms with Crippen LogP contribution < -0.4 is 4.74 Å². The Morgan fingerprint density at radius 2 is 1.83 bits per heavy atom. The molecule has 3 aliphatic rings. The van der Waals surface area contributed by atoms with Gasteiger partial charge in [0.05, 0.1) is 6.26 Å². The number of allylic oxidation sites excluding steroid dienone is 1. The summed E-state index contributed by atoms with van der Waals surface area (Å²) in [6.45, 7) is 6.23. The van der Waals surface area contributed by atoms with E-state index in [1.807, 2.05) is 10.9 Å². The van der Waals surface area contributed by atoms with Crippen molar-refractivity contribution in [1.82, 2.24) is 15.0 Å². The molecule has 3 saturated heterocycles. The molecule has 3 aliphatic heterocycles. The second-order valence-corrected chi connectivity index (χ2v) is 14.1. The van der Waals surface area contributed by atoms with Crippen molar-refractivity contribution >= 4 is 20.1 Å². The second-order valence-electron chi connectivity index (χ2n) is 9.58. The zero-order chi connectivity index (χ0) is 24.5. The SMILES string of the molecule is O=C(/C=C/c1ccco1)c1ccc(OCc2cn(CCC[Si-]345OCC[N+]3(CCO4)CCO5)nn2)cc1. The zero-order valence-corrected chi connectivity index (χ0v) is 21.1. The summed E-state index contributed by atoms with van der Waals surface area (Å²) in [5.74, 6) is 1.19. The van der Waals surface area contributed by atoms with Crippen molar-refractivity contribution in [3.63, 3.8) is 0 Å². The molecule has 0 radical (unpaired) electrons. The summed E-state index contributed by atoms with van der Waals surface area (Å²) >= 11 is 0. The van der Waals surface area contributed by atoms with Gasteiger partial charge in [0.15, 0.2) is 5.78 Å². The number of aromatic nitrogens is 3. The molecule has 0 spiro atoms. The number of aryl methyl sites for hydroxylation is 1. The molecule has 0 saturated carbocycles. The molecular weight excluding hydrogens is 480 g/mol. The fourth-order valence-corrected chi connectivity index (χ4v) is 11.6. The monoisotopic (exact) mass is 510 g/mol. The molecule has 6 rings (SSSR count). The molecule has 0 amide bonds. The van der Waals surface area contributed by atoms with Crippen molar-refractivity contribution in [1.29, 1.82) is 0 Å². The van der Waals surface area contributed by atoms with Crippen LogP contribution in [-0.4, -0.2) is 72.6 Å². The Balaban J connectivity index is 0.997. The zero-order valence-electron chi connectivity index (χ0n) is 20.1. The average molecular weight is 511 g/mol. The Labute approximate surface area is 209 Å². The Kier molecular flexibility index (Phi) is 5.89. The van der Waals surface area contributed by atoms with Gasteiger partial charge in [-0.2, -0.15) is 0 Å². The third-order valence-electron chi connectivity index (χ3n) is 7.67. The number of ketones is 1. The number of rotatable bonds is 10. The van der Waals surface area contributed by atoms with Gasteiger partial charge in [0.25, 0.3) is 0 Å². The minimum absolute atomic E-state index is 0.103. The molecule has 3 fully saturated rings. The number of furan rings is 1. The van der Waals surface area contributed by atoms with E-state index in [1.165, 1.54) is 6.08 Å². The Morgan fingerprint density at radius 3 is 2.53 bits per heavy atom. The van der Waals surface area contributed by atoms with Crippen molar-refractivity contribution in [2.24, 2.45) is 0 Å². The standard InChI is InChI=1S/C25H30N4O6Si/c30-25(9-8-23-3-1-14-31-23)21-4-6-24(7-5-21)32-20-22-19-28(27-26-22)10-2-18-36-29(11-15-33-36,12-16-34-36)13-17-35-36/h1,3-9,14,19H,2,10-13,15-18,20H2/b9-8+. The molecule has 190 valence electrons. The van der Waals surface area contributed by atoms with Crippen molar-refractivity contribution in [3.05, 3.63) is 72.0 Å². The van der Waals surface area contributed by atoms with Gasteiger partial charge in [-0.15, -0.1) is 0 Å². The first-order chi connectivity index (χ1) is 17.6. The van der Waals surface area contributed by atoms with Gasteiger partial charge in [-0.1, -0.05) is 0 Å². The first-order valence-corrected chi connectivity index (χ1v) is 14.8. The summed E-state index contributed by atoms with van der Waals surface area (Å²) in [5, 5.41) is 8.49. The maximum atomic E-state index is 12.3. The number of benzene rings is 1. The number of carbonyl (C=O) groups is 1. The van der Waals surface area contributed by atoms with E-state index in [1.54, 1.807) is 48.7 Å². The number of hydrogen-bond donors (Lipinski definition) is 0. The van der Waals surface area contributed by atoms with Gasteiger partial charge in [-0.3, -0.25) is 4.79 Å². The molecule has 3 aromatic rings. The summed E-state index contributed by atoms with van der Waals surface area (Å²) in [6.07, 6.45) is 7.47. The van der Waals surface area contributed by atoms with E-state index in [9.17, 15) is 4.79 Å². The van der Waals surface area contributed by atoms with Gasteiger partial charge in [0, 0.05) is 0 Å². The van der Waals surface area contributed by atoms with E-state index in [0.717, 1.165) is 68.3 Å². The van der Waals surface area contributed by atoms with Gasteiger partial charge in [-0.25, -0.2) is 0 Å². The molecule has 0 unspecified atom stereocenters. The van der Waals surface area contributed by atoms with Crippen LogP contribution in [0, 0.1) is 0 Å². The number of carbonyl (C=O) groups excluding carboxylic acids is 1. The molecule has 2 aromatic heterocycles. The van der Waals surface area contributed by atoms with E-state index in [4.69, 9.17) is 22.4 Å². The van der Waals surface area contributed by atoms with Gasteiger partial charge >= 0.3 is 158 Å². The molecule has 0 atom stereocenters.